The molecule has 3 N–H and O–H groups in total. The molecule has 4 aromatic rings. The van der Waals surface area contributed by atoms with Gasteiger partial charge in [0, 0.05) is 16.8 Å². The Morgan fingerprint density at radius 1 is 1.26 bits per heavy atom. The highest BCUT2D eigenvalue weighted by Gasteiger charge is 2.17. The molecule has 0 fully saturated rings. The van der Waals surface area contributed by atoms with Crippen LogP contribution in [0, 0.1) is 18.3 Å². The molecule has 154 valence electrons. The lowest BCUT2D eigenvalue weighted by Crippen LogP contribution is -2.15. The molecule has 31 heavy (non-hydrogen) atoms. The van der Waals surface area contributed by atoms with Crippen molar-refractivity contribution in [3.63, 3.8) is 0 Å². The van der Waals surface area contributed by atoms with E-state index in [1.807, 2.05) is 42.6 Å². The number of rotatable bonds is 6. The van der Waals surface area contributed by atoms with Crippen molar-refractivity contribution in [1.82, 2.24) is 9.97 Å². The quantitative estimate of drug-likeness (QED) is 0.395. The summed E-state index contributed by atoms with van der Waals surface area (Å²) in [7, 11) is 0. The van der Waals surface area contributed by atoms with Gasteiger partial charge in [0.2, 0.25) is 0 Å². The average molecular weight is 448 g/mol. The monoisotopic (exact) mass is 447 g/mol. The number of furan rings is 1. The molecule has 0 spiro atoms. The Morgan fingerprint density at radius 3 is 2.77 bits per heavy atom. The first-order valence-electron chi connectivity index (χ1n) is 9.24. The molecule has 0 atom stereocenters. The van der Waals surface area contributed by atoms with Gasteiger partial charge in [-0.3, -0.25) is 4.79 Å². The van der Waals surface area contributed by atoms with Gasteiger partial charge in [-0.2, -0.15) is 5.26 Å². The molecular weight excluding hydrogens is 430 g/mol. The second-order valence-electron chi connectivity index (χ2n) is 6.55. The highest BCUT2D eigenvalue weighted by molar-refractivity contribution is 7.98. The SMILES string of the molecule is Cc1ccc(-c2nc(CSc3nc(N)c(C(=O)Nc4ccccc4)cc3C#N)cs2)o1. The van der Waals surface area contributed by atoms with Crippen molar-refractivity contribution in [2.45, 2.75) is 17.7 Å². The van der Waals surface area contributed by atoms with Gasteiger partial charge in [-0.1, -0.05) is 30.0 Å². The van der Waals surface area contributed by atoms with E-state index >= 15 is 0 Å². The maximum absolute atomic E-state index is 12.6. The molecule has 3 heterocycles. The molecule has 7 nitrogen and oxygen atoms in total. The van der Waals surface area contributed by atoms with Gasteiger partial charge in [-0.15, -0.1) is 11.3 Å². The standard InChI is InChI=1S/C22H17N5O2S2/c1-13-7-8-18(29-13)22-26-16(12-31-22)11-30-21-14(10-23)9-17(19(24)27-21)20(28)25-15-5-3-2-4-6-15/h2-9,12H,11H2,1H3,(H2,24,27)(H,25,28). The van der Waals surface area contributed by atoms with Crippen molar-refractivity contribution in [3.8, 4) is 16.8 Å². The van der Waals surface area contributed by atoms with Crippen molar-refractivity contribution >= 4 is 40.5 Å². The van der Waals surface area contributed by atoms with Crippen LogP contribution < -0.4 is 11.1 Å². The van der Waals surface area contributed by atoms with E-state index in [9.17, 15) is 10.1 Å². The first-order chi connectivity index (χ1) is 15.0. The second-order valence-corrected chi connectivity index (χ2v) is 8.37. The van der Waals surface area contributed by atoms with Gasteiger partial charge < -0.3 is 15.5 Å². The van der Waals surface area contributed by atoms with Crippen LogP contribution in [0.25, 0.3) is 10.8 Å². The molecule has 3 aromatic heterocycles. The van der Waals surface area contributed by atoms with Gasteiger partial charge in [0.15, 0.2) is 10.8 Å². The number of aryl methyl sites for hydroxylation is 1. The summed E-state index contributed by atoms with van der Waals surface area (Å²) in [5.41, 5.74) is 7.95. The number of hydrogen-bond donors (Lipinski definition) is 2. The molecule has 0 saturated heterocycles. The molecule has 4 rings (SSSR count). The number of para-hydroxylation sites is 1. The van der Waals surface area contributed by atoms with Crippen LogP contribution in [0.3, 0.4) is 0 Å². The summed E-state index contributed by atoms with van der Waals surface area (Å²) in [5.74, 6) is 1.72. The number of nitrogens with one attached hydrogen (secondary N) is 1. The maximum Gasteiger partial charge on any atom is 0.259 e. The average Bonchev–Trinajstić information content (AvgIpc) is 3.42. The van der Waals surface area contributed by atoms with Crippen LogP contribution in [0.2, 0.25) is 0 Å². The second kappa shape index (κ2) is 9.04. The smallest absolute Gasteiger partial charge is 0.259 e. The van der Waals surface area contributed by atoms with Gasteiger partial charge in [-0.25, -0.2) is 9.97 Å². The molecule has 0 aliphatic rings. The summed E-state index contributed by atoms with van der Waals surface area (Å²) < 4.78 is 5.61. The predicted octanol–water partition coefficient (Wildman–Crippen LogP) is 5.11. The van der Waals surface area contributed by atoms with E-state index in [0.29, 0.717) is 16.5 Å². The highest BCUT2D eigenvalue weighted by Crippen LogP contribution is 2.30. The summed E-state index contributed by atoms with van der Waals surface area (Å²) in [6.07, 6.45) is 0. The van der Waals surface area contributed by atoms with Crippen molar-refractivity contribution in [1.29, 1.82) is 5.26 Å². The fourth-order valence-electron chi connectivity index (χ4n) is 2.78. The zero-order chi connectivity index (χ0) is 21.8. The number of benzene rings is 1. The lowest BCUT2D eigenvalue weighted by molar-refractivity contribution is 0.102. The zero-order valence-electron chi connectivity index (χ0n) is 16.5. The van der Waals surface area contributed by atoms with Crippen LogP contribution in [0.5, 0.6) is 0 Å². The third-order valence-electron chi connectivity index (χ3n) is 4.27. The number of pyridine rings is 1. The zero-order valence-corrected chi connectivity index (χ0v) is 18.1. The molecular formula is C22H17N5O2S2. The lowest BCUT2D eigenvalue weighted by atomic mass is 10.2. The van der Waals surface area contributed by atoms with E-state index in [4.69, 9.17) is 10.2 Å². The van der Waals surface area contributed by atoms with Crippen LogP contribution in [0.15, 0.2) is 63.4 Å². The maximum atomic E-state index is 12.6. The molecule has 9 heteroatoms. The first-order valence-corrected chi connectivity index (χ1v) is 11.1. The van der Waals surface area contributed by atoms with Gasteiger partial charge in [-0.05, 0) is 37.3 Å². The van der Waals surface area contributed by atoms with Gasteiger partial charge in [0.1, 0.15) is 22.7 Å². The minimum Gasteiger partial charge on any atom is -0.459 e. The van der Waals surface area contributed by atoms with Crippen molar-refractivity contribution < 1.29 is 9.21 Å². The number of hydrogen-bond acceptors (Lipinski definition) is 8. The summed E-state index contributed by atoms with van der Waals surface area (Å²) >= 11 is 2.84. The summed E-state index contributed by atoms with van der Waals surface area (Å²) in [6.45, 7) is 1.89. The number of anilines is 2. The van der Waals surface area contributed by atoms with Crippen molar-refractivity contribution in [2.24, 2.45) is 0 Å². The highest BCUT2D eigenvalue weighted by atomic mass is 32.2. The lowest BCUT2D eigenvalue weighted by Gasteiger charge is -2.10. The van der Waals surface area contributed by atoms with E-state index in [2.05, 4.69) is 21.4 Å². The van der Waals surface area contributed by atoms with Crippen LogP contribution in [-0.2, 0) is 5.75 Å². The third kappa shape index (κ3) is 4.77. The normalized spacial score (nSPS) is 10.6. The number of amides is 1. The van der Waals surface area contributed by atoms with Crippen molar-refractivity contribution in [2.75, 3.05) is 11.1 Å². The van der Waals surface area contributed by atoms with E-state index in [1.165, 1.54) is 29.2 Å². The van der Waals surface area contributed by atoms with Gasteiger partial charge >= 0.3 is 0 Å². The van der Waals surface area contributed by atoms with Crippen LogP contribution >= 0.6 is 23.1 Å². The van der Waals surface area contributed by atoms with E-state index in [-0.39, 0.29) is 16.9 Å². The molecule has 0 aliphatic heterocycles. The summed E-state index contributed by atoms with van der Waals surface area (Å²) in [4.78, 5) is 21.4. The van der Waals surface area contributed by atoms with Crippen LogP contribution in [-0.4, -0.2) is 15.9 Å². The molecule has 0 radical (unpaired) electrons. The van der Waals surface area contributed by atoms with Crippen molar-refractivity contribution in [3.05, 3.63) is 76.5 Å². The van der Waals surface area contributed by atoms with Gasteiger partial charge in [0.25, 0.3) is 5.91 Å². The number of carbonyl (C=O) groups excluding carboxylic acids is 1. The molecule has 0 saturated carbocycles. The molecule has 1 amide bonds. The fourth-order valence-corrected chi connectivity index (χ4v) is 4.52. The molecule has 0 bridgehead atoms. The minimum atomic E-state index is -0.415. The molecule has 1 aromatic carbocycles. The first kappa shape index (κ1) is 20.7. The van der Waals surface area contributed by atoms with Crippen LogP contribution in [0.1, 0.15) is 27.4 Å². The number of thioether (sulfide) groups is 1. The number of carbonyl (C=O) groups is 1. The number of nitrogen functional groups attached to an aromatic ring is 1. The number of thiazole rings is 1. The predicted molar refractivity (Wildman–Crippen MR) is 122 cm³/mol. The topological polar surface area (TPSA) is 118 Å². The Bertz CT molecular complexity index is 1270. The Labute approximate surface area is 187 Å². The Balaban J connectivity index is 1.49. The Kier molecular flexibility index (Phi) is 6.02. The Hall–Kier alpha value is -3.61. The summed E-state index contributed by atoms with van der Waals surface area (Å²) in [6, 6.07) is 16.4. The number of nitrogens with two attached hydrogens (primary N) is 1. The third-order valence-corrected chi connectivity index (χ3v) is 6.20. The molecule has 0 unspecified atom stereocenters. The van der Waals surface area contributed by atoms with E-state index in [1.54, 1.807) is 12.1 Å². The van der Waals surface area contributed by atoms with Gasteiger partial charge in [0.05, 0.1) is 16.8 Å². The van der Waals surface area contributed by atoms with E-state index < -0.39 is 5.91 Å². The number of nitrogens with zero attached hydrogens (tertiary/aromatic N) is 3. The minimum absolute atomic E-state index is 0.0694. The van der Waals surface area contributed by atoms with Crippen LogP contribution in [0.4, 0.5) is 11.5 Å². The Morgan fingerprint density at radius 2 is 2.06 bits per heavy atom. The summed E-state index contributed by atoms with van der Waals surface area (Å²) in [5, 5.41) is 15.5. The number of nitriles is 1. The fraction of sp³-hybridized carbons (Fsp3) is 0.0909. The number of aromatic nitrogens is 2. The van der Waals surface area contributed by atoms with E-state index in [0.717, 1.165) is 22.2 Å². The largest absolute Gasteiger partial charge is 0.459 e. The molecule has 0 aliphatic carbocycles.